The number of carbonyl (C=O) groups excluding carboxylic acids is 3. The zero-order valence-electron chi connectivity index (χ0n) is 22.5. The molecule has 0 N–H and O–H groups in total. The molecule has 0 bridgehead atoms. The summed E-state index contributed by atoms with van der Waals surface area (Å²) < 4.78 is 13.4. The van der Waals surface area contributed by atoms with Crippen molar-refractivity contribution < 1.29 is 18.8 Å². The van der Waals surface area contributed by atoms with Gasteiger partial charge in [0.1, 0.15) is 11.6 Å². The molecule has 3 nitrogen and oxygen atoms in total. The van der Waals surface area contributed by atoms with Crippen molar-refractivity contribution in [2.75, 3.05) is 0 Å². The van der Waals surface area contributed by atoms with Crippen LogP contribution in [0.2, 0.25) is 0 Å². The van der Waals surface area contributed by atoms with E-state index in [1.807, 2.05) is 27.7 Å². The zero-order valence-corrected chi connectivity index (χ0v) is 22.5. The van der Waals surface area contributed by atoms with Crippen LogP contribution in [0.5, 0.6) is 0 Å². The van der Waals surface area contributed by atoms with Gasteiger partial charge in [0.15, 0.2) is 11.5 Å². The van der Waals surface area contributed by atoms with Gasteiger partial charge in [0.05, 0.1) is 0 Å². The first-order chi connectivity index (χ1) is 12.9. The third-order valence-corrected chi connectivity index (χ3v) is 4.44. The van der Waals surface area contributed by atoms with Crippen molar-refractivity contribution in [2.24, 2.45) is 22.2 Å². The minimum Gasteiger partial charge on any atom is -0.300 e. The number of hydrogen-bond acceptors (Lipinski definition) is 3. The highest BCUT2D eigenvalue weighted by atomic mass is 19.1. The number of Topliss-reactive ketones (excluding diaryl/α,β-unsaturated/α-hetero) is 3. The number of alkyl halides is 1. The molecule has 180 valence electrons. The van der Waals surface area contributed by atoms with Crippen molar-refractivity contribution in [3.63, 3.8) is 0 Å². The van der Waals surface area contributed by atoms with E-state index >= 15 is 0 Å². The van der Waals surface area contributed by atoms with Crippen molar-refractivity contribution in [3.05, 3.63) is 0 Å². The molecule has 0 aliphatic carbocycles. The predicted octanol–water partition coefficient (Wildman–Crippen LogP) is 7.79. The van der Waals surface area contributed by atoms with E-state index in [9.17, 15) is 18.8 Å². The van der Waals surface area contributed by atoms with Crippen LogP contribution in [0.4, 0.5) is 4.39 Å². The van der Waals surface area contributed by atoms with E-state index in [1.54, 1.807) is 13.8 Å². The molecule has 0 aliphatic heterocycles. The van der Waals surface area contributed by atoms with Gasteiger partial charge >= 0.3 is 0 Å². The lowest BCUT2D eigenvalue weighted by atomic mass is 9.82. The van der Waals surface area contributed by atoms with Crippen LogP contribution in [-0.4, -0.2) is 23.0 Å². The first-order valence-electron chi connectivity index (χ1n) is 11.1. The summed E-state index contributed by atoms with van der Waals surface area (Å²) in [4.78, 5) is 32.1. The smallest absolute Gasteiger partial charge is 0.166 e. The van der Waals surface area contributed by atoms with E-state index in [2.05, 4.69) is 41.5 Å². The number of hydrogen-bond donors (Lipinski definition) is 0. The Hall–Kier alpha value is -1.06. The average Bonchev–Trinajstić information content (AvgIpc) is 2.41. The van der Waals surface area contributed by atoms with Crippen LogP contribution in [0.1, 0.15) is 123 Å². The van der Waals surface area contributed by atoms with Crippen LogP contribution in [0.25, 0.3) is 0 Å². The Labute approximate surface area is 187 Å². The van der Waals surface area contributed by atoms with E-state index in [-0.39, 0.29) is 29.0 Å². The summed E-state index contributed by atoms with van der Waals surface area (Å²) in [6.07, 6.45) is 3.00. The van der Waals surface area contributed by atoms with Gasteiger partial charge in [0, 0.05) is 12.3 Å². The molecule has 2 unspecified atom stereocenters. The standard InChI is InChI=1S/C9H17FO.C9H18O.C8H16O/c1-7(11)9(5,10)6-8(2,3)4;1-7(8(2)10)6-9(3,4)5;1-7(9)5-6-8(2,3)4/h6H2,1-5H3;7H,6H2,1-5H3;5-6H2,1-4H3. The monoisotopic (exact) mass is 430 g/mol. The molecule has 0 radical (unpaired) electrons. The second kappa shape index (κ2) is 13.4. The van der Waals surface area contributed by atoms with Crippen LogP contribution in [0.15, 0.2) is 0 Å². The summed E-state index contributed by atoms with van der Waals surface area (Å²) in [7, 11) is 0. The van der Waals surface area contributed by atoms with Crippen LogP contribution >= 0.6 is 0 Å². The summed E-state index contributed by atoms with van der Waals surface area (Å²) in [5.41, 5.74) is -1.19. The molecule has 0 aliphatic rings. The molecule has 0 spiro atoms. The SMILES string of the molecule is CC(=O)C(C)(F)CC(C)(C)C.CC(=O)C(C)CC(C)(C)C.CC(=O)CCC(C)(C)C. The lowest BCUT2D eigenvalue weighted by Gasteiger charge is -2.26. The molecule has 0 aromatic heterocycles. The first kappa shape index (κ1) is 33.6. The molecule has 2 atom stereocenters. The number of carbonyl (C=O) groups is 3. The number of halogens is 1. The topological polar surface area (TPSA) is 51.2 Å². The maximum Gasteiger partial charge on any atom is 0.166 e. The molecule has 0 amide bonds. The highest BCUT2D eigenvalue weighted by Crippen LogP contribution is 2.30. The molecule has 0 saturated heterocycles. The van der Waals surface area contributed by atoms with Crippen molar-refractivity contribution in [1.29, 1.82) is 0 Å². The maximum absolute atomic E-state index is 13.4. The highest BCUT2D eigenvalue weighted by molar-refractivity contribution is 5.84. The Kier molecular flexibility index (Phi) is 15.0. The summed E-state index contributed by atoms with van der Waals surface area (Å²) in [5, 5.41) is 0. The molecule has 4 heteroatoms. The van der Waals surface area contributed by atoms with Gasteiger partial charge in [-0.1, -0.05) is 69.2 Å². The van der Waals surface area contributed by atoms with Crippen molar-refractivity contribution in [1.82, 2.24) is 0 Å². The van der Waals surface area contributed by atoms with Crippen molar-refractivity contribution in [2.45, 2.75) is 128 Å². The second-order valence-corrected chi connectivity index (χ2v) is 12.5. The molecular weight excluding hydrogens is 379 g/mol. The lowest BCUT2D eigenvalue weighted by Crippen LogP contribution is -2.32. The molecule has 0 aromatic carbocycles. The largest absolute Gasteiger partial charge is 0.300 e. The van der Waals surface area contributed by atoms with Gasteiger partial charge in [-0.3, -0.25) is 9.59 Å². The Morgan fingerprint density at radius 3 is 1.23 bits per heavy atom. The molecule has 0 fully saturated rings. The molecule has 0 aromatic rings. The quantitative estimate of drug-likeness (QED) is 0.432. The second-order valence-electron chi connectivity index (χ2n) is 12.5. The van der Waals surface area contributed by atoms with Crippen LogP contribution in [0, 0.1) is 22.2 Å². The summed E-state index contributed by atoms with van der Waals surface area (Å²) >= 11 is 0. The van der Waals surface area contributed by atoms with Crippen LogP contribution in [-0.2, 0) is 14.4 Å². The molecule has 0 heterocycles. The summed E-state index contributed by atoms with van der Waals surface area (Å²) in [5.74, 6) is 0.437. The van der Waals surface area contributed by atoms with E-state index in [0.717, 1.165) is 19.3 Å². The van der Waals surface area contributed by atoms with E-state index < -0.39 is 5.67 Å². The van der Waals surface area contributed by atoms with Crippen molar-refractivity contribution >= 4 is 17.3 Å². The van der Waals surface area contributed by atoms with Crippen LogP contribution in [0.3, 0.4) is 0 Å². The molecule has 30 heavy (non-hydrogen) atoms. The fourth-order valence-corrected chi connectivity index (χ4v) is 2.73. The predicted molar refractivity (Wildman–Crippen MR) is 128 cm³/mol. The Morgan fingerprint density at radius 2 is 1.13 bits per heavy atom. The summed E-state index contributed by atoms with van der Waals surface area (Å²) in [6, 6.07) is 0. The molecule has 0 rings (SSSR count). The lowest BCUT2D eigenvalue weighted by molar-refractivity contribution is -0.129. The van der Waals surface area contributed by atoms with E-state index in [0.29, 0.717) is 17.0 Å². The average molecular weight is 431 g/mol. The van der Waals surface area contributed by atoms with Gasteiger partial charge in [-0.25, -0.2) is 4.39 Å². The maximum atomic E-state index is 13.4. The van der Waals surface area contributed by atoms with Crippen LogP contribution < -0.4 is 0 Å². The third kappa shape index (κ3) is 26.9. The Bertz CT molecular complexity index is 526. The Morgan fingerprint density at radius 1 is 0.733 bits per heavy atom. The minimum atomic E-state index is -1.65. The highest BCUT2D eigenvalue weighted by Gasteiger charge is 2.33. The van der Waals surface area contributed by atoms with Crippen molar-refractivity contribution in [3.8, 4) is 0 Å². The fourth-order valence-electron chi connectivity index (χ4n) is 2.73. The summed E-state index contributed by atoms with van der Waals surface area (Å²) in [6.45, 7) is 26.6. The minimum absolute atomic E-state index is 0.130. The fraction of sp³-hybridized carbons (Fsp3) is 0.885. The number of rotatable bonds is 6. The van der Waals surface area contributed by atoms with Gasteiger partial charge in [-0.15, -0.1) is 0 Å². The molecule has 0 saturated carbocycles. The van der Waals surface area contributed by atoms with Gasteiger partial charge in [-0.2, -0.15) is 0 Å². The van der Waals surface area contributed by atoms with E-state index in [4.69, 9.17) is 0 Å². The normalized spacial score (nSPS) is 14.9. The van der Waals surface area contributed by atoms with E-state index in [1.165, 1.54) is 13.8 Å². The molecular formula is C26H51FO3. The van der Waals surface area contributed by atoms with Gasteiger partial charge in [-0.05, 0) is 63.2 Å². The third-order valence-electron chi connectivity index (χ3n) is 4.44. The zero-order chi connectivity index (χ0) is 25.1. The van der Waals surface area contributed by atoms with Gasteiger partial charge in [0.2, 0.25) is 0 Å². The van der Waals surface area contributed by atoms with Gasteiger partial charge in [0.25, 0.3) is 0 Å². The number of ketones is 3. The first-order valence-corrected chi connectivity index (χ1v) is 11.1. The Balaban J connectivity index is -0.000000366. The van der Waals surface area contributed by atoms with Gasteiger partial charge < -0.3 is 4.79 Å².